The molecule has 2 aromatic rings. The summed E-state index contributed by atoms with van der Waals surface area (Å²) in [6.45, 7) is 15.4. The first-order valence-corrected chi connectivity index (χ1v) is 29.4. The average Bonchev–Trinajstić information content (AvgIpc) is 3.63. The lowest BCUT2D eigenvalue weighted by Gasteiger charge is -2.38. The average molecular weight is 1210 g/mol. The van der Waals surface area contributed by atoms with Gasteiger partial charge in [-0.05, 0) is 107 Å². The van der Waals surface area contributed by atoms with Crippen LogP contribution < -0.4 is 21.3 Å². The van der Waals surface area contributed by atoms with Gasteiger partial charge in [0.2, 0.25) is 65.0 Å². The first-order chi connectivity index (χ1) is 39.5. The predicted octanol–water partition coefficient (Wildman–Crippen LogP) is 3.27. The fourth-order valence-electron chi connectivity index (χ4n) is 9.80. The Morgan fingerprint density at radius 1 is 0.576 bits per heavy atom. The van der Waals surface area contributed by atoms with Crippen molar-refractivity contribution in [2.75, 3.05) is 69.0 Å². The zero-order valence-electron chi connectivity index (χ0n) is 52.8. The van der Waals surface area contributed by atoms with Gasteiger partial charge in [0, 0.05) is 73.2 Å². The van der Waals surface area contributed by atoms with Gasteiger partial charge in [-0.25, -0.2) is 4.39 Å². The van der Waals surface area contributed by atoms with Gasteiger partial charge in [-0.1, -0.05) is 83.8 Å². The summed E-state index contributed by atoms with van der Waals surface area (Å²) in [7, 11) is 9.72. The van der Waals surface area contributed by atoms with Gasteiger partial charge >= 0.3 is 0 Å². The summed E-state index contributed by atoms with van der Waals surface area (Å²) in [5, 5.41) is 11.6. The van der Waals surface area contributed by atoms with Crippen molar-refractivity contribution >= 4 is 76.6 Å². The minimum atomic E-state index is -1.67. The third-order valence-electron chi connectivity index (χ3n) is 15.6. The molecule has 0 aromatic heterocycles. The summed E-state index contributed by atoms with van der Waals surface area (Å²) in [5.74, 6) is -8.42. The molecule has 24 heteroatoms. The van der Waals surface area contributed by atoms with Crippen LogP contribution in [0, 0.1) is 23.6 Å². The van der Waals surface area contributed by atoms with E-state index < -0.39 is 144 Å². The maximum absolute atomic E-state index is 14.8. The van der Waals surface area contributed by atoms with Gasteiger partial charge in [0.1, 0.15) is 47.6 Å². The molecule has 0 spiro atoms. The lowest BCUT2D eigenvalue weighted by Crippen LogP contribution is -2.63. The molecule has 8 atom stereocenters. The quantitative estimate of drug-likeness (QED) is 0.254. The standard InChI is InChI=1S/C61H93ClFN11O11/c1-18-38(6)53-59(84)70(13)34-51(77)68(11)35-52(78)72(15)48(32-42-19-24-43(62)25-20-42)58(83)69(12)33-49(75)65-45(28-23-41-21-26-44(63)27-22-41)57(82)73(16)47(30-37(4)5)56(81)67-61(9,10)60(85)74(17)46(29-36(2)3)55(80)64-39(7)31-50(76)71(14)40(8)54(79)66-53/h19-22,24-27,36-40,45-48,53H,18,23,28-35H2,1-17H3,(H,64,80)(H,65,75)(H,66,79)(H,67,81)/t38-,39+,40-,45-,46-,47+,48-,53-/m0/s1. The Balaban J connectivity index is 2.17. The second kappa shape index (κ2) is 32.4. The zero-order chi connectivity index (χ0) is 64.5. The molecule has 4 N–H and O–H groups in total. The number of nitrogens with one attached hydrogen (secondary N) is 4. The highest BCUT2D eigenvalue weighted by atomic mass is 35.5. The van der Waals surface area contributed by atoms with E-state index in [4.69, 9.17) is 11.6 Å². The van der Waals surface area contributed by atoms with E-state index in [1.807, 2.05) is 34.6 Å². The number of carbonyl (C=O) groups excluding carboxylic acids is 11. The summed E-state index contributed by atoms with van der Waals surface area (Å²) in [6.07, 6.45) is 0.559. The molecule has 1 heterocycles. The molecule has 0 unspecified atom stereocenters. The van der Waals surface area contributed by atoms with E-state index in [1.165, 1.54) is 109 Å². The lowest BCUT2D eigenvalue weighted by atomic mass is 9.95. The Morgan fingerprint density at radius 2 is 1.11 bits per heavy atom. The third-order valence-corrected chi connectivity index (χ3v) is 15.9. The van der Waals surface area contributed by atoms with Gasteiger partial charge in [0.15, 0.2) is 0 Å². The van der Waals surface area contributed by atoms with E-state index in [9.17, 15) is 57.1 Å². The van der Waals surface area contributed by atoms with Crippen molar-refractivity contribution in [3.8, 4) is 0 Å². The number of amides is 11. The highest BCUT2D eigenvalue weighted by molar-refractivity contribution is 6.30. The normalized spacial score (nSPS) is 24.2. The molecule has 0 bridgehead atoms. The Labute approximate surface area is 506 Å². The van der Waals surface area contributed by atoms with Crippen LogP contribution in [0.3, 0.4) is 0 Å². The second-order valence-corrected chi connectivity index (χ2v) is 24.6. The van der Waals surface area contributed by atoms with Crippen molar-refractivity contribution in [1.29, 1.82) is 0 Å². The summed E-state index contributed by atoms with van der Waals surface area (Å²) in [4.78, 5) is 165. The van der Waals surface area contributed by atoms with Crippen molar-refractivity contribution in [2.45, 2.75) is 162 Å². The molecular formula is C61H93ClFN11O11. The summed E-state index contributed by atoms with van der Waals surface area (Å²) in [5.41, 5.74) is -0.437. The largest absolute Gasteiger partial charge is 0.351 e. The van der Waals surface area contributed by atoms with Gasteiger partial charge in [-0.15, -0.1) is 0 Å². The van der Waals surface area contributed by atoms with Crippen LogP contribution in [-0.4, -0.2) is 216 Å². The monoisotopic (exact) mass is 1210 g/mol. The molecule has 11 amide bonds. The highest BCUT2D eigenvalue weighted by Gasteiger charge is 2.42. The van der Waals surface area contributed by atoms with Crippen molar-refractivity contribution in [2.24, 2.45) is 17.8 Å². The van der Waals surface area contributed by atoms with Crippen LogP contribution in [0.2, 0.25) is 5.02 Å². The number of benzene rings is 2. The predicted molar refractivity (Wildman–Crippen MR) is 321 cm³/mol. The molecule has 22 nitrogen and oxygen atoms in total. The molecule has 3 rings (SSSR count). The van der Waals surface area contributed by atoms with Gasteiger partial charge < -0.3 is 55.6 Å². The third kappa shape index (κ3) is 21.1. The fourth-order valence-corrected chi connectivity index (χ4v) is 9.93. The van der Waals surface area contributed by atoms with Crippen LogP contribution in [0.15, 0.2) is 48.5 Å². The van der Waals surface area contributed by atoms with Gasteiger partial charge in [0.05, 0.1) is 19.6 Å². The maximum Gasteiger partial charge on any atom is 0.248 e. The van der Waals surface area contributed by atoms with Crippen LogP contribution in [0.1, 0.15) is 112 Å². The molecule has 0 aliphatic carbocycles. The molecule has 1 aliphatic heterocycles. The van der Waals surface area contributed by atoms with E-state index in [-0.39, 0.29) is 50.4 Å². The van der Waals surface area contributed by atoms with Crippen molar-refractivity contribution in [3.63, 3.8) is 0 Å². The Bertz CT molecular complexity index is 2690. The smallest absolute Gasteiger partial charge is 0.248 e. The molecule has 1 saturated heterocycles. The number of hydrogen-bond donors (Lipinski definition) is 4. The number of nitrogens with zero attached hydrogens (tertiary/aromatic N) is 7. The topological polar surface area (TPSA) is 259 Å². The SMILES string of the molecule is CC[C@H](C)[C@@H]1NC(=O)[C@H](C)N(C)C(=O)C[C@@H](C)NC(=O)[C@H](CC(C)C)N(C)C(=O)C(C)(C)NC(=O)[C@@H](CC(C)C)N(C)C(=O)[C@H](CCc2ccc(F)cc2)NC(=O)CN(C)C(=O)[C@H](Cc2ccc(Cl)cc2)N(C)C(=O)CN(C)C(=O)CN(C)C1=O. The van der Waals surface area contributed by atoms with E-state index in [0.29, 0.717) is 22.6 Å². The summed E-state index contributed by atoms with van der Waals surface area (Å²) in [6, 6.07) is 4.27. The van der Waals surface area contributed by atoms with E-state index in [0.717, 1.165) is 19.6 Å². The minimum Gasteiger partial charge on any atom is -0.351 e. The Hall–Kier alpha value is -7.17. The van der Waals surface area contributed by atoms with Gasteiger partial charge in [0.25, 0.3) is 0 Å². The first-order valence-electron chi connectivity index (χ1n) is 29.0. The van der Waals surface area contributed by atoms with Crippen LogP contribution in [-0.2, 0) is 65.6 Å². The molecule has 0 radical (unpaired) electrons. The number of carbonyl (C=O) groups is 11. The molecule has 0 saturated carbocycles. The first kappa shape index (κ1) is 72.1. The van der Waals surface area contributed by atoms with Crippen LogP contribution in [0.25, 0.3) is 0 Å². The van der Waals surface area contributed by atoms with Crippen LogP contribution >= 0.6 is 11.6 Å². The minimum absolute atomic E-state index is 0.0352. The Kier molecular flexibility index (Phi) is 27.5. The van der Waals surface area contributed by atoms with Crippen molar-refractivity contribution in [3.05, 3.63) is 70.5 Å². The number of aryl methyl sites for hydroxylation is 1. The second-order valence-electron chi connectivity index (χ2n) is 24.2. The maximum atomic E-state index is 14.8. The molecule has 1 fully saturated rings. The van der Waals surface area contributed by atoms with Crippen LogP contribution in [0.4, 0.5) is 4.39 Å². The molecule has 85 heavy (non-hydrogen) atoms. The molecular weight excluding hydrogens is 1120 g/mol. The summed E-state index contributed by atoms with van der Waals surface area (Å²) >= 11 is 6.20. The van der Waals surface area contributed by atoms with Gasteiger partial charge in [-0.3, -0.25) is 52.7 Å². The van der Waals surface area contributed by atoms with Gasteiger partial charge in [-0.2, -0.15) is 0 Å². The molecule has 2 aromatic carbocycles. The van der Waals surface area contributed by atoms with E-state index in [1.54, 1.807) is 38.1 Å². The highest BCUT2D eigenvalue weighted by Crippen LogP contribution is 2.22. The Morgan fingerprint density at radius 3 is 1.66 bits per heavy atom. The number of hydrogen-bond acceptors (Lipinski definition) is 11. The zero-order valence-corrected chi connectivity index (χ0v) is 53.6. The molecule has 1 aliphatic rings. The number of likely N-dealkylation sites (N-methyl/N-ethyl adjacent to an activating group) is 7. The fraction of sp³-hybridized carbons (Fsp3) is 0.623. The van der Waals surface area contributed by atoms with Crippen molar-refractivity contribution < 1.29 is 57.1 Å². The number of rotatable bonds is 11. The number of halogens is 2. The lowest BCUT2D eigenvalue weighted by molar-refractivity contribution is -0.149. The van der Waals surface area contributed by atoms with E-state index in [2.05, 4.69) is 21.3 Å². The summed E-state index contributed by atoms with van der Waals surface area (Å²) < 4.78 is 14.0. The van der Waals surface area contributed by atoms with Crippen LogP contribution in [0.5, 0.6) is 0 Å². The van der Waals surface area contributed by atoms with E-state index >= 15 is 0 Å². The molecule has 472 valence electrons. The van der Waals surface area contributed by atoms with Crippen molar-refractivity contribution in [1.82, 2.24) is 55.6 Å².